The maximum Gasteiger partial charge on any atom is 0.285 e. The van der Waals surface area contributed by atoms with E-state index in [0.717, 1.165) is 4.31 Å². The third-order valence-corrected chi connectivity index (χ3v) is 6.75. The first kappa shape index (κ1) is 23.0. The predicted molar refractivity (Wildman–Crippen MR) is 128 cm³/mol. The number of aromatic nitrogens is 1. The van der Waals surface area contributed by atoms with Gasteiger partial charge in [-0.15, -0.1) is 10.2 Å². The second-order valence-corrected chi connectivity index (χ2v) is 9.08. The van der Waals surface area contributed by atoms with E-state index in [0.29, 0.717) is 23.3 Å². The Morgan fingerprint density at radius 2 is 1.68 bits per heavy atom. The van der Waals surface area contributed by atoms with E-state index < -0.39 is 22.5 Å². The molecule has 3 aromatic carbocycles. The third kappa shape index (κ3) is 4.76. The van der Waals surface area contributed by atoms with Gasteiger partial charge in [-0.1, -0.05) is 36.4 Å². The van der Waals surface area contributed by atoms with E-state index in [1.54, 1.807) is 66.7 Å². The van der Waals surface area contributed by atoms with Crippen LogP contribution < -0.4 is 9.04 Å². The molecule has 0 spiro atoms. The van der Waals surface area contributed by atoms with Crippen LogP contribution in [0.2, 0.25) is 0 Å². The largest absolute Gasteiger partial charge is 0.494 e. The molecule has 34 heavy (non-hydrogen) atoms. The molecule has 4 aromatic rings. The van der Waals surface area contributed by atoms with E-state index in [9.17, 15) is 18.3 Å². The number of carbonyl (C=O) groups excluding carboxylic acids is 1. The molecular formula is C24H22N4O5S. The lowest BCUT2D eigenvalue weighted by atomic mass is 10.2. The summed E-state index contributed by atoms with van der Waals surface area (Å²) in [6, 6.07) is 21.2. The van der Waals surface area contributed by atoms with Crippen molar-refractivity contribution in [1.29, 1.82) is 0 Å². The number of H-pyrrole nitrogens is 1. The molecule has 1 heterocycles. The van der Waals surface area contributed by atoms with Gasteiger partial charge in [-0.3, -0.25) is 9.10 Å². The summed E-state index contributed by atoms with van der Waals surface area (Å²) in [6.07, 6.45) is 0. The number of anilines is 1. The minimum Gasteiger partial charge on any atom is -0.494 e. The fourth-order valence-corrected chi connectivity index (χ4v) is 4.82. The normalized spacial score (nSPS) is 11.7. The number of aromatic hydroxyl groups is 1. The number of sulfonamides is 1. The van der Waals surface area contributed by atoms with Gasteiger partial charge in [0.05, 0.1) is 22.7 Å². The highest BCUT2D eigenvalue weighted by Gasteiger charge is 2.27. The first-order chi connectivity index (χ1) is 16.4. The third-order valence-electron chi connectivity index (χ3n) is 4.97. The van der Waals surface area contributed by atoms with Gasteiger partial charge in [-0.05, 0) is 49.4 Å². The van der Waals surface area contributed by atoms with Crippen LogP contribution in [0.15, 0.2) is 94.0 Å². The molecule has 0 fully saturated rings. The molecule has 10 heteroatoms. The van der Waals surface area contributed by atoms with E-state index in [-0.39, 0.29) is 22.2 Å². The first-order valence-corrected chi connectivity index (χ1v) is 11.9. The lowest BCUT2D eigenvalue weighted by Crippen LogP contribution is -2.35. The van der Waals surface area contributed by atoms with E-state index >= 15 is 0 Å². The minimum atomic E-state index is -4.07. The SMILES string of the molecule is CCOc1ccc(N(CC(=O)N=Nc2c(O)[nH]c3ccccc23)S(=O)(=O)c2ccccc2)cc1. The molecule has 0 aliphatic rings. The molecule has 0 radical (unpaired) electrons. The Hall–Kier alpha value is -4.18. The standard InChI is InChI=1S/C24H22N4O5S/c1-2-33-18-14-12-17(13-15-18)28(34(31,32)19-8-4-3-5-9-19)16-22(29)26-27-23-20-10-6-7-11-21(20)25-24(23)30/h3-15,25,30H,2,16H2,1H3. The summed E-state index contributed by atoms with van der Waals surface area (Å²) in [5.74, 6) is -0.472. The van der Waals surface area contributed by atoms with Crippen molar-refractivity contribution in [3.8, 4) is 11.6 Å². The van der Waals surface area contributed by atoms with Crippen LogP contribution in [0.3, 0.4) is 0 Å². The van der Waals surface area contributed by atoms with Gasteiger partial charge in [0.1, 0.15) is 12.3 Å². The predicted octanol–water partition coefficient (Wildman–Crippen LogP) is 4.78. The van der Waals surface area contributed by atoms with E-state index in [4.69, 9.17) is 4.74 Å². The van der Waals surface area contributed by atoms with Crippen molar-refractivity contribution in [3.63, 3.8) is 0 Å². The zero-order valence-electron chi connectivity index (χ0n) is 18.2. The molecule has 174 valence electrons. The van der Waals surface area contributed by atoms with Crippen molar-refractivity contribution >= 4 is 38.2 Å². The van der Waals surface area contributed by atoms with Crippen molar-refractivity contribution in [1.82, 2.24) is 4.98 Å². The Morgan fingerprint density at radius 1 is 1.00 bits per heavy atom. The summed E-state index contributed by atoms with van der Waals surface area (Å²) >= 11 is 0. The second-order valence-electron chi connectivity index (χ2n) is 7.21. The van der Waals surface area contributed by atoms with Crippen LogP contribution in [0.5, 0.6) is 11.6 Å². The average Bonchev–Trinajstić information content (AvgIpc) is 3.17. The van der Waals surface area contributed by atoms with Crippen LogP contribution in [-0.4, -0.2) is 37.6 Å². The number of ether oxygens (including phenoxy) is 1. The highest BCUT2D eigenvalue weighted by molar-refractivity contribution is 7.92. The second kappa shape index (κ2) is 9.75. The molecular weight excluding hydrogens is 456 g/mol. The van der Waals surface area contributed by atoms with Crippen LogP contribution >= 0.6 is 0 Å². The van der Waals surface area contributed by atoms with Gasteiger partial charge in [0.25, 0.3) is 15.9 Å². The monoisotopic (exact) mass is 478 g/mol. The van der Waals surface area contributed by atoms with Crippen molar-refractivity contribution in [2.45, 2.75) is 11.8 Å². The molecule has 0 unspecified atom stereocenters. The zero-order valence-corrected chi connectivity index (χ0v) is 19.1. The van der Waals surface area contributed by atoms with Gasteiger partial charge in [-0.2, -0.15) is 0 Å². The first-order valence-electron chi connectivity index (χ1n) is 10.4. The lowest BCUT2D eigenvalue weighted by Gasteiger charge is -2.23. The average molecular weight is 479 g/mol. The van der Waals surface area contributed by atoms with Gasteiger partial charge >= 0.3 is 0 Å². The Balaban J connectivity index is 1.65. The van der Waals surface area contributed by atoms with Crippen molar-refractivity contribution in [2.24, 2.45) is 10.2 Å². The summed E-state index contributed by atoms with van der Waals surface area (Å²) in [5, 5.41) is 18.3. The number of hydrogen-bond acceptors (Lipinski definition) is 6. The van der Waals surface area contributed by atoms with Crippen LogP contribution in [0, 0.1) is 0 Å². The minimum absolute atomic E-state index is 0.0305. The molecule has 0 saturated carbocycles. The van der Waals surface area contributed by atoms with Crippen LogP contribution in [0.4, 0.5) is 11.4 Å². The molecule has 0 bridgehead atoms. The number of aromatic amines is 1. The van der Waals surface area contributed by atoms with Gasteiger partial charge in [-0.25, -0.2) is 8.42 Å². The Bertz CT molecular complexity index is 1430. The molecule has 1 amide bonds. The quantitative estimate of drug-likeness (QED) is 0.353. The lowest BCUT2D eigenvalue weighted by molar-refractivity contribution is -0.116. The highest BCUT2D eigenvalue weighted by atomic mass is 32.2. The topological polar surface area (TPSA) is 124 Å². The number of azo groups is 1. The summed E-state index contributed by atoms with van der Waals surface area (Å²) in [4.78, 5) is 15.5. The number of amides is 1. The Morgan fingerprint density at radius 3 is 2.38 bits per heavy atom. The van der Waals surface area contributed by atoms with Crippen LogP contribution in [0.1, 0.15) is 6.92 Å². The number of carbonyl (C=O) groups is 1. The number of nitrogens with one attached hydrogen (secondary N) is 1. The molecule has 2 N–H and O–H groups in total. The fourth-order valence-electron chi connectivity index (χ4n) is 3.38. The summed E-state index contributed by atoms with van der Waals surface area (Å²) in [6.45, 7) is 1.72. The van der Waals surface area contributed by atoms with Crippen LogP contribution in [0.25, 0.3) is 10.9 Å². The number of benzene rings is 3. The molecule has 0 saturated heterocycles. The number of rotatable bonds is 8. The molecule has 4 rings (SSSR count). The molecule has 9 nitrogen and oxygen atoms in total. The zero-order chi connectivity index (χ0) is 24.1. The van der Waals surface area contributed by atoms with Gasteiger partial charge in [0.15, 0.2) is 5.69 Å². The van der Waals surface area contributed by atoms with Crippen molar-refractivity contribution in [2.75, 3.05) is 17.5 Å². The maximum atomic E-state index is 13.4. The molecule has 1 aromatic heterocycles. The van der Waals surface area contributed by atoms with Crippen molar-refractivity contribution < 1.29 is 23.1 Å². The number of hydrogen-bond donors (Lipinski definition) is 2. The van der Waals surface area contributed by atoms with E-state index in [1.165, 1.54) is 12.1 Å². The maximum absolute atomic E-state index is 13.4. The van der Waals surface area contributed by atoms with Gasteiger partial charge in [0, 0.05) is 5.39 Å². The molecule has 0 atom stereocenters. The highest BCUT2D eigenvalue weighted by Crippen LogP contribution is 2.35. The summed E-state index contributed by atoms with van der Waals surface area (Å²) in [5.41, 5.74) is 0.998. The number of nitrogens with zero attached hydrogens (tertiary/aromatic N) is 3. The summed E-state index contributed by atoms with van der Waals surface area (Å²) < 4.78 is 33.1. The number of para-hydroxylation sites is 1. The van der Waals surface area contributed by atoms with Crippen LogP contribution in [-0.2, 0) is 14.8 Å². The Labute approximate surface area is 196 Å². The summed E-state index contributed by atoms with van der Waals surface area (Å²) in [7, 11) is -4.07. The number of fused-ring (bicyclic) bond motifs is 1. The Kier molecular flexibility index (Phi) is 6.60. The fraction of sp³-hybridized carbons (Fsp3) is 0.125. The van der Waals surface area contributed by atoms with Gasteiger partial charge in [0.2, 0.25) is 5.88 Å². The van der Waals surface area contributed by atoms with Crippen molar-refractivity contribution in [3.05, 3.63) is 78.9 Å². The smallest absolute Gasteiger partial charge is 0.285 e. The van der Waals surface area contributed by atoms with E-state index in [2.05, 4.69) is 15.2 Å². The van der Waals surface area contributed by atoms with E-state index in [1.807, 2.05) is 6.92 Å². The molecule has 0 aliphatic heterocycles. The van der Waals surface area contributed by atoms with Gasteiger partial charge < -0.3 is 14.8 Å². The molecule has 0 aliphatic carbocycles.